The molecule has 0 aliphatic carbocycles. The van der Waals surface area contributed by atoms with Gasteiger partial charge in [-0.15, -0.1) is 0 Å². The molecular formula is C19H19N3O2. The van der Waals surface area contributed by atoms with E-state index >= 15 is 0 Å². The quantitative estimate of drug-likeness (QED) is 0.467. The molecule has 122 valence electrons. The van der Waals surface area contributed by atoms with Crippen LogP contribution in [0.5, 0.6) is 5.75 Å². The van der Waals surface area contributed by atoms with Gasteiger partial charge in [-0.05, 0) is 36.2 Å². The first-order chi connectivity index (χ1) is 11.7. The van der Waals surface area contributed by atoms with Crippen molar-refractivity contribution in [2.75, 3.05) is 19.0 Å². The zero-order chi connectivity index (χ0) is 17.2. The Morgan fingerprint density at radius 2 is 1.88 bits per heavy atom. The Labute approximate surface area is 141 Å². The van der Waals surface area contributed by atoms with E-state index in [0.29, 0.717) is 18.0 Å². The molecule has 2 rings (SSSR count). The van der Waals surface area contributed by atoms with E-state index in [2.05, 4.69) is 10.6 Å². The van der Waals surface area contributed by atoms with Crippen molar-refractivity contribution in [1.29, 1.82) is 5.26 Å². The van der Waals surface area contributed by atoms with Gasteiger partial charge in [0.2, 0.25) is 0 Å². The van der Waals surface area contributed by atoms with E-state index in [1.807, 2.05) is 36.4 Å². The van der Waals surface area contributed by atoms with Gasteiger partial charge in [0.25, 0.3) is 5.91 Å². The molecule has 0 bridgehead atoms. The maximum atomic E-state index is 12.1. The van der Waals surface area contributed by atoms with Crippen molar-refractivity contribution < 1.29 is 9.53 Å². The van der Waals surface area contributed by atoms with Crippen LogP contribution in [0.2, 0.25) is 0 Å². The highest BCUT2D eigenvalue weighted by molar-refractivity contribution is 6.06. The molecule has 2 aromatic carbocycles. The smallest absolute Gasteiger partial charge is 0.267 e. The average Bonchev–Trinajstić information content (AvgIpc) is 2.63. The number of carbonyl (C=O) groups excluding carboxylic acids is 1. The first kappa shape index (κ1) is 17.1. The Balaban J connectivity index is 1.87. The predicted molar refractivity (Wildman–Crippen MR) is 93.5 cm³/mol. The number of nitriles is 1. The summed E-state index contributed by atoms with van der Waals surface area (Å²) in [7, 11) is 1.57. The van der Waals surface area contributed by atoms with Crippen LogP contribution in [0.25, 0.3) is 0 Å². The molecule has 5 heteroatoms. The molecule has 0 saturated heterocycles. The van der Waals surface area contributed by atoms with Crippen LogP contribution in [-0.2, 0) is 11.2 Å². The lowest BCUT2D eigenvalue weighted by molar-refractivity contribution is -0.112. The minimum absolute atomic E-state index is 0.0267. The first-order valence-electron chi connectivity index (χ1n) is 7.56. The Morgan fingerprint density at radius 3 is 2.50 bits per heavy atom. The van der Waals surface area contributed by atoms with Crippen LogP contribution in [0.15, 0.2) is 66.4 Å². The van der Waals surface area contributed by atoms with Gasteiger partial charge < -0.3 is 15.4 Å². The van der Waals surface area contributed by atoms with E-state index in [1.165, 1.54) is 11.8 Å². The minimum Gasteiger partial charge on any atom is -0.497 e. The van der Waals surface area contributed by atoms with Crippen molar-refractivity contribution in [2.45, 2.75) is 6.42 Å². The summed E-state index contributed by atoms with van der Waals surface area (Å²) in [6.07, 6.45) is 2.26. The summed E-state index contributed by atoms with van der Waals surface area (Å²) in [6, 6.07) is 18.8. The standard InChI is InChI=1S/C19H19N3O2/c1-24-18-9-7-17(8-10-18)22-19(23)16(13-20)14-21-12-11-15-5-3-2-4-6-15/h2-10,14,21H,11-12H2,1H3,(H,22,23)/b16-14-. The third-order valence-electron chi connectivity index (χ3n) is 3.36. The molecule has 2 N–H and O–H groups in total. The summed E-state index contributed by atoms with van der Waals surface area (Å²) in [4.78, 5) is 12.1. The van der Waals surface area contributed by atoms with Gasteiger partial charge in [0.15, 0.2) is 0 Å². The minimum atomic E-state index is -0.449. The molecule has 2 aromatic rings. The Hall–Kier alpha value is -3.26. The summed E-state index contributed by atoms with van der Waals surface area (Å²) < 4.78 is 5.06. The van der Waals surface area contributed by atoms with Crippen molar-refractivity contribution >= 4 is 11.6 Å². The fourth-order valence-electron chi connectivity index (χ4n) is 2.06. The molecule has 0 aliphatic rings. The number of hydrogen-bond acceptors (Lipinski definition) is 4. The molecular weight excluding hydrogens is 302 g/mol. The van der Waals surface area contributed by atoms with E-state index in [0.717, 1.165) is 6.42 Å². The fourth-order valence-corrected chi connectivity index (χ4v) is 2.06. The molecule has 0 spiro atoms. The van der Waals surface area contributed by atoms with Crippen LogP contribution in [0.4, 0.5) is 5.69 Å². The number of carbonyl (C=O) groups is 1. The molecule has 1 amide bonds. The lowest BCUT2D eigenvalue weighted by Crippen LogP contribution is -2.18. The lowest BCUT2D eigenvalue weighted by atomic mass is 10.1. The van der Waals surface area contributed by atoms with Crippen LogP contribution in [0.1, 0.15) is 5.56 Å². The SMILES string of the molecule is COc1ccc(NC(=O)/C(C#N)=C\NCCc2ccccc2)cc1. The Morgan fingerprint density at radius 1 is 1.17 bits per heavy atom. The fraction of sp³-hybridized carbons (Fsp3) is 0.158. The van der Waals surface area contributed by atoms with E-state index in [1.54, 1.807) is 31.4 Å². The molecule has 0 aliphatic heterocycles. The van der Waals surface area contributed by atoms with Crippen LogP contribution < -0.4 is 15.4 Å². The van der Waals surface area contributed by atoms with E-state index < -0.39 is 5.91 Å². The second-order valence-corrected chi connectivity index (χ2v) is 5.04. The molecule has 0 unspecified atom stereocenters. The molecule has 0 heterocycles. The number of benzene rings is 2. The number of nitrogens with zero attached hydrogens (tertiary/aromatic N) is 1. The van der Waals surface area contributed by atoms with E-state index in [-0.39, 0.29) is 5.57 Å². The summed E-state index contributed by atoms with van der Waals surface area (Å²) in [5, 5.41) is 14.8. The summed E-state index contributed by atoms with van der Waals surface area (Å²) >= 11 is 0. The van der Waals surface area contributed by atoms with Gasteiger partial charge in [0.05, 0.1) is 7.11 Å². The normalized spacial score (nSPS) is 10.6. The second-order valence-electron chi connectivity index (χ2n) is 5.04. The van der Waals surface area contributed by atoms with Crippen molar-refractivity contribution in [2.24, 2.45) is 0 Å². The molecule has 0 fully saturated rings. The third-order valence-corrected chi connectivity index (χ3v) is 3.36. The Kier molecular flexibility index (Phi) is 6.42. The summed E-state index contributed by atoms with van der Waals surface area (Å²) in [5.41, 5.74) is 1.82. The monoisotopic (exact) mass is 321 g/mol. The first-order valence-corrected chi connectivity index (χ1v) is 7.56. The molecule has 0 atom stereocenters. The van der Waals surface area contributed by atoms with Gasteiger partial charge in [0.1, 0.15) is 17.4 Å². The van der Waals surface area contributed by atoms with Gasteiger partial charge in [-0.25, -0.2) is 0 Å². The number of nitrogens with one attached hydrogen (secondary N) is 2. The van der Waals surface area contributed by atoms with Crippen molar-refractivity contribution in [3.8, 4) is 11.8 Å². The van der Waals surface area contributed by atoms with Crippen LogP contribution >= 0.6 is 0 Å². The number of methoxy groups -OCH3 is 1. The van der Waals surface area contributed by atoms with Crippen LogP contribution in [0.3, 0.4) is 0 Å². The van der Waals surface area contributed by atoms with E-state index in [4.69, 9.17) is 10.00 Å². The third kappa shape index (κ3) is 5.18. The van der Waals surface area contributed by atoms with Crippen LogP contribution in [0, 0.1) is 11.3 Å². The Bertz CT molecular complexity index is 731. The van der Waals surface area contributed by atoms with Gasteiger partial charge in [-0.3, -0.25) is 4.79 Å². The summed E-state index contributed by atoms with van der Waals surface area (Å²) in [6.45, 7) is 0.644. The number of anilines is 1. The topological polar surface area (TPSA) is 74.1 Å². The van der Waals surface area contributed by atoms with Gasteiger partial charge >= 0.3 is 0 Å². The number of hydrogen-bond donors (Lipinski definition) is 2. The highest BCUT2D eigenvalue weighted by Crippen LogP contribution is 2.15. The average molecular weight is 321 g/mol. The summed E-state index contributed by atoms with van der Waals surface area (Å²) in [5.74, 6) is 0.251. The second kappa shape index (κ2) is 9.01. The molecule has 0 saturated carbocycles. The number of amides is 1. The lowest BCUT2D eigenvalue weighted by Gasteiger charge is -2.06. The van der Waals surface area contributed by atoms with Gasteiger partial charge in [0, 0.05) is 18.4 Å². The highest BCUT2D eigenvalue weighted by atomic mass is 16.5. The molecule has 0 radical (unpaired) electrons. The highest BCUT2D eigenvalue weighted by Gasteiger charge is 2.09. The zero-order valence-electron chi connectivity index (χ0n) is 13.5. The predicted octanol–water partition coefficient (Wildman–Crippen LogP) is 2.87. The van der Waals surface area contributed by atoms with Crippen molar-refractivity contribution in [1.82, 2.24) is 5.32 Å². The van der Waals surface area contributed by atoms with Gasteiger partial charge in [-0.2, -0.15) is 5.26 Å². The maximum Gasteiger partial charge on any atom is 0.267 e. The van der Waals surface area contributed by atoms with Crippen molar-refractivity contribution in [3.63, 3.8) is 0 Å². The van der Waals surface area contributed by atoms with Crippen molar-refractivity contribution in [3.05, 3.63) is 71.9 Å². The van der Waals surface area contributed by atoms with E-state index in [9.17, 15) is 4.79 Å². The molecule has 24 heavy (non-hydrogen) atoms. The molecule has 0 aromatic heterocycles. The number of rotatable bonds is 7. The number of ether oxygens (including phenoxy) is 1. The van der Waals surface area contributed by atoms with Crippen LogP contribution in [-0.4, -0.2) is 19.6 Å². The molecule has 5 nitrogen and oxygen atoms in total. The zero-order valence-corrected chi connectivity index (χ0v) is 13.5. The maximum absolute atomic E-state index is 12.1. The largest absolute Gasteiger partial charge is 0.497 e. The van der Waals surface area contributed by atoms with Gasteiger partial charge in [-0.1, -0.05) is 30.3 Å².